The fourth-order valence-corrected chi connectivity index (χ4v) is 3.62. The smallest absolute Gasteiger partial charge is 0.153 e. The molecule has 1 fully saturated rings. The fraction of sp³-hybridized carbons (Fsp3) is 0.462. The molecule has 0 amide bonds. The standard InChI is InChI=1S/C13H16FNO3S/c14-11-3-1-10(2-4-11)7-13(16)8-12-9-19(17,18)6-5-15-12/h1-4,12,15H,5-9H2. The summed E-state index contributed by atoms with van der Waals surface area (Å²) >= 11 is 0. The van der Waals surface area contributed by atoms with Crippen molar-refractivity contribution in [3.8, 4) is 0 Å². The number of halogens is 1. The molecule has 0 aliphatic carbocycles. The molecule has 1 aromatic rings. The summed E-state index contributed by atoms with van der Waals surface area (Å²) in [4.78, 5) is 11.8. The second kappa shape index (κ2) is 5.79. The first kappa shape index (κ1) is 14.1. The van der Waals surface area contributed by atoms with Gasteiger partial charge in [-0.05, 0) is 17.7 Å². The van der Waals surface area contributed by atoms with Gasteiger partial charge in [0.15, 0.2) is 9.84 Å². The van der Waals surface area contributed by atoms with Crippen LogP contribution in [0.1, 0.15) is 12.0 Å². The van der Waals surface area contributed by atoms with E-state index in [4.69, 9.17) is 0 Å². The lowest BCUT2D eigenvalue weighted by Gasteiger charge is -2.22. The van der Waals surface area contributed by atoms with Gasteiger partial charge < -0.3 is 5.32 Å². The van der Waals surface area contributed by atoms with E-state index in [0.717, 1.165) is 5.56 Å². The summed E-state index contributed by atoms with van der Waals surface area (Å²) in [7, 11) is -3.02. The predicted molar refractivity (Wildman–Crippen MR) is 70.2 cm³/mol. The molecule has 1 unspecified atom stereocenters. The Labute approximate surface area is 111 Å². The normalized spacial score (nSPS) is 22.1. The van der Waals surface area contributed by atoms with Crippen LogP contribution in [0.3, 0.4) is 0 Å². The molecule has 0 spiro atoms. The topological polar surface area (TPSA) is 63.2 Å². The van der Waals surface area contributed by atoms with E-state index in [2.05, 4.69) is 5.32 Å². The van der Waals surface area contributed by atoms with Crippen molar-refractivity contribution in [3.05, 3.63) is 35.6 Å². The molecule has 1 saturated heterocycles. The van der Waals surface area contributed by atoms with Crippen LogP contribution in [0.2, 0.25) is 0 Å². The summed E-state index contributed by atoms with van der Waals surface area (Å²) in [5, 5.41) is 3.04. The maximum atomic E-state index is 12.7. The van der Waals surface area contributed by atoms with E-state index in [1.165, 1.54) is 12.1 Å². The minimum Gasteiger partial charge on any atom is -0.312 e. The van der Waals surface area contributed by atoms with Gasteiger partial charge in [0.2, 0.25) is 0 Å². The van der Waals surface area contributed by atoms with E-state index in [-0.39, 0.29) is 42.0 Å². The van der Waals surface area contributed by atoms with E-state index in [9.17, 15) is 17.6 Å². The van der Waals surface area contributed by atoms with Gasteiger partial charge in [0.1, 0.15) is 11.6 Å². The number of ketones is 1. The largest absolute Gasteiger partial charge is 0.312 e. The highest BCUT2D eigenvalue weighted by molar-refractivity contribution is 7.91. The van der Waals surface area contributed by atoms with Crippen LogP contribution >= 0.6 is 0 Å². The molecule has 1 aliphatic heterocycles. The summed E-state index contributed by atoms with van der Waals surface area (Å²) < 4.78 is 35.6. The minimum atomic E-state index is -3.02. The van der Waals surface area contributed by atoms with Gasteiger partial charge in [-0.25, -0.2) is 12.8 Å². The molecule has 0 bridgehead atoms. The van der Waals surface area contributed by atoms with E-state index < -0.39 is 9.84 Å². The molecule has 0 radical (unpaired) electrons. The lowest BCUT2D eigenvalue weighted by atomic mass is 10.0. The number of sulfone groups is 1. The Morgan fingerprint density at radius 2 is 2.00 bits per heavy atom. The molecule has 19 heavy (non-hydrogen) atoms. The number of hydrogen-bond acceptors (Lipinski definition) is 4. The summed E-state index contributed by atoms with van der Waals surface area (Å²) in [6.07, 6.45) is 0.398. The molecule has 1 aliphatic rings. The molecule has 6 heteroatoms. The Bertz CT molecular complexity index is 554. The van der Waals surface area contributed by atoms with Crippen molar-refractivity contribution in [2.45, 2.75) is 18.9 Å². The van der Waals surface area contributed by atoms with E-state index in [0.29, 0.717) is 6.54 Å². The lowest BCUT2D eigenvalue weighted by molar-refractivity contribution is -0.118. The van der Waals surface area contributed by atoms with E-state index in [1.54, 1.807) is 12.1 Å². The van der Waals surface area contributed by atoms with Crippen LogP contribution < -0.4 is 5.32 Å². The maximum Gasteiger partial charge on any atom is 0.153 e. The molecule has 0 saturated carbocycles. The molecular formula is C13H16FNO3S. The quantitative estimate of drug-likeness (QED) is 0.885. The highest BCUT2D eigenvalue weighted by Gasteiger charge is 2.25. The summed E-state index contributed by atoms with van der Waals surface area (Å²) in [5.74, 6) is -0.227. The van der Waals surface area contributed by atoms with Crippen LogP contribution in [0.15, 0.2) is 24.3 Å². The Kier molecular flexibility index (Phi) is 4.31. The number of rotatable bonds is 4. The molecule has 1 heterocycles. The Morgan fingerprint density at radius 3 is 2.63 bits per heavy atom. The number of benzene rings is 1. The van der Waals surface area contributed by atoms with Crippen molar-refractivity contribution in [1.82, 2.24) is 5.32 Å². The Balaban J connectivity index is 1.89. The first-order valence-corrected chi connectivity index (χ1v) is 7.97. The van der Waals surface area contributed by atoms with Crippen molar-refractivity contribution < 1.29 is 17.6 Å². The third kappa shape index (κ3) is 4.40. The van der Waals surface area contributed by atoms with Gasteiger partial charge >= 0.3 is 0 Å². The Hall–Kier alpha value is -1.27. The third-order valence-electron chi connectivity index (χ3n) is 3.09. The highest BCUT2D eigenvalue weighted by Crippen LogP contribution is 2.09. The van der Waals surface area contributed by atoms with Gasteiger partial charge in [0.25, 0.3) is 0 Å². The zero-order valence-electron chi connectivity index (χ0n) is 10.4. The van der Waals surface area contributed by atoms with E-state index >= 15 is 0 Å². The van der Waals surface area contributed by atoms with Crippen LogP contribution in [0.25, 0.3) is 0 Å². The van der Waals surface area contributed by atoms with Crippen LogP contribution in [0.4, 0.5) is 4.39 Å². The van der Waals surface area contributed by atoms with Gasteiger partial charge in [-0.3, -0.25) is 4.79 Å². The molecule has 0 aromatic heterocycles. The van der Waals surface area contributed by atoms with Crippen LogP contribution in [0.5, 0.6) is 0 Å². The zero-order chi connectivity index (χ0) is 13.9. The molecule has 2 rings (SSSR count). The Morgan fingerprint density at radius 1 is 1.32 bits per heavy atom. The number of Topliss-reactive ketones (excluding diaryl/α,β-unsaturated/α-hetero) is 1. The van der Waals surface area contributed by atoms with Gasteiger partial charge in [-0.1, -0.05) is 12.1 Å². The maximum absolute atomic E-state index is 12.7. The second-order valence-corrected chi connectivity index (χ2v) is 7.04. The van der Waals surface area contributed by atoms with Crippen LogP contribution in [-0.2, 0) is 21.1 Å². The molecular weight excluding hydrogens is 269 g/mol. The second-order valence-electron chi connectivity index (χ2n) is 4.81. The molecule has 1 aromatic carbocycles. The van der Waals surface area contributed by atoms with Gasteiger partial charge in [-0.2, -0.15) is 0 Å². The SMILES string of the molecule is O=C(Cc1ccc(F)cc1)CC1CS(=O)(=O)CCN1. The van der Waals surface area contributed by atoms with Crippen molar-refractivity contribution in [1.29, 1.82) is 0 Å². The van der Waals surface area contributed by atoms with Crippen molar-refractivity contribution >= 4 is 15.6 Å². The lowest BCUT2D eigenvalue weighted by Crippen LogP contribution is -2.46. The number of nitrogens with one attached hydrogen (secondary N) is 1. The fourth-order valence-electron chi connectivity index (χ4n) is 2.18. The molecule has 4 nitrogen and oxygen atoms in total. The minimum absolute atomic E-state index is 0.0160. The first-order valence-electron chi connectivity index (χ1n) is 6.14. The van der Waals surface area contributed by atoms with Gasteiger partial charge in [0.05, 0.1) is 11.5 Å². The molecule has 1 atom stereocenters. The monoisotopic (exact) mass is 285 g/mol. The van der Waals surface area contributed by atoms with Crippen molar-refractivity contribution in [2.24, 2.45) is 0 Å². The van der Waals surface area contributed by atoms with Crippen molar-refractivity contribution in [2.75, 3.05) is 18.1 Å². The predicted octanol–water partition coefficient (Wildman–Crippen LogP) is 0.714. The summed E-state index contributed by atoms with van der Waals surface area (Å²) in [6, 6.07) is 5.46. The average Bonchev–Trinajstić information content (AvgIpc) is 2.30. The zero-order valence-corrected chi connectivity index (χ0v) is 11.2. The average molecular weight is 285 g/mol. The molecule has 104 valence electrons. The number of carbonyl (C=O) groups is 1. The third-order valence-corrected chi connectivity index (χ3v) is 4.83. The van der Waals surface area contributed by atoms with Crippen LogP contribution in [-0.4, -0.2) is 38.3 Å². The van der Waals surface area contributed by atoms with Gasteiger partial charge in [-0.15, -0.1) is 0 Å². The van der Waals surface area contributed by atoms with Gasteiger partial charge in [0, 0.05) is 25.4 Å². The molecule has 1 N–H and O–H groups in total. The summed E-state index contributed by atoms with van der Waals surface area (Å²) in [5.41, 5.74) is 0.741. The number of carbonyl (C=O) groups excluding carboxylic acids is 1. The van der Waals surface area contributed by atoms with E-state index in [1.807, 2.05) is 0 Å². The number of hydrogen-bond donors (Lipinski definition) is 1. The highest BCUT2D eigenvalue weighted by atomic mass is 32.2. The summed E-state index contributed by atoms with van der Waals surface area (Å²) in [6.45, 7) is 0.400. The van der Waals surface area contributed by atoms with Crippen LogP contribution in [0, 0.1) is 5.82 Å². The first-order chi connectivity index (χ1) is 8.94. The van der Waals surface area contributed by atoms with Crippen molar-refractivity contribution in [3.63, 3.8) is 0 Å².